The van der Waals surface area contributed by atoms with Crippen LogP contribution in [0.4, 0.5) is 13.2 Å². The normalized spacial score (nSPS) is 12.4. The number of ether oxygens (including phenoxy) is 1. The summed E-state index contributed by atoms with van der Waals surface area (Å²) in [4.78, 5) is 0. The zero-order chi connectivity index (χ0) is 11.7. The van der Waals surface area contributed by atoms with Gasteiger partial charge in [-0.3, -0.25) is 0 Å². The average molecular weight is 227 g/mol. The van der Waals surface area contributed by atoms with Gasteiger partial charge in [-0.25, -0.2) is 0 Å². The summed E-state index contributed by atoms with van der Waals surface area (Å²) >= 11 is 0. The SMILES string of the molecule is CC(C)COCCNCCCC(F)(F)F. The zero-order valence-electron chi connectivity index (χ0n) is 9.36. The Labute approximate surface area is 89.2 Å². The lowest BCUT2D eigenvalue weighted by Gasteiger charge is -2.08. The van der Waals surface area contributed by atoms with E-state index in [0.717, 1.165) is 0 Å². The Hall–Kier alpha value is -0.290. The van der Waals surface area contributed by atoms with E-state index in [-0.39, 0.29) is 6.42 Å². The maximum atomic E-state index is 11.7. The lowest BCUT2D eigenvalue weighted by atomic mass is 10.2. The van der Waals surface area contributed by atoms with Gasteiger partial charge >= 0.3 is 6.18 Å². The molecule has 0 aromatic heterocycles. The summed E-state index contributed by atoms with van der Waals surface area (Å²) in [5, 5.41) is 2.91. The Morgan fingerprint density at radius 2 is 1.87 bits per heavy atom. The van der Waals surface area contributed by atoms with Crippen LogP contribution in [-0.2, 0) is 4.74 Å². The Balaban J connectivity index is 3.06. The van der Waals surface area contributed by atoms with Crippen molar-refractivity contribution in [1.82, 2.24) is 5.32 Å². The molecule has 0 saturated heterocycles. The molecule has 0 aliphatic rings. The van der Waals surface area contributed by atoms with Crippen molar-refractivity contribution in [1.29, 1.82) is 0 Å². The second-order valence-corrected chi connectivity index (χ2v) is 3.94. The molecule has 92 valence electrons. The van der Waals surface area contributed by atoms with Gasteiger partial charge in [0.15, 0.2) is 0 Å². The highest BCUT2D eigenvalue weighted by Gasteiger charge is 2.25. The van der Waals surface area contributed by atoms with Crippen LogP contribution in [0.3, 0.4) is 0 Å². The van der Waals surface area contributed by atoms with Gasteiger partial charge in [0, 0.05) is 19.6 Å². The monoisotopic (exact) mass is 227 g/mol. The van der Waals surface area contributed by atoms with Gasteiger partial charge in [0.05, 0.1) is 6.61 Å². The molecule has 0 aromatic rings. The molecule has 2 nitrogen and oxygen atoms in total. The van der Waals surface area contributed by atoms with E-state index in [9.17, 15) is 13.2 Å². The predicted octanol–water partition coefficient (Wildman–Crippen LogP) is 2.59. The fourth-order valence-electron chi connectivity index (χ4n) is 1.00. The zero-order valence-corrected chi connectivity index (χ0v) is 9.36. The molecular formula is C10H20F3NO. The summed E-state index contributed by atoms with van der Waals surface area (Å²) < 4.78 is 40.4. The van der Waals surface area contributed by atoms with Crippen molar-refractivity contribution >= 4 is 0 Å². The van der Waals surface area contributed by atoms with Crippen molar-refractivity contribution in [3.8, 4) is 0 Å². The molecule has 0 fully saturated rings. The molecule has 15 heavy (non-hydrogen) atoms. The number of hydrogen-bond donors (Lipinski definition) is 1. The molecule has 0 amide bonds. The summed E-state index contributed by atoms with van der Waals surface area (Å²) in [6, 6.07) is 0. The lowest BCUT2D eigenvalue weighted by molar-refractivity contribution is -0.135. The predicted molar refractivity (Wildman–Crippen MR) is 53.8 cm³/mol. The third kappa shape index (κ3) is 13.7. The number of halogens is 3. The minimum absolute atomic E-state index is 0.133. The Bertz CT molecular complexity index is 148. The highest BCUT2D eigenvalue weighted by molar-refractivity contribution is 4.53. The van der Waals surface area contributed by atoms with Crippen LogP contribution in [0, 0.1) is 5.92 Å². The molecule has 0 aliphatic carbocycles. The number of alkyl halides is 3. The summed E-state index contributed by atoms with van der Waals surface area (Å²) in [6.07, 6.45) is -4.61. The standard InChI is InChI=1S/C10H20F3NO/c1-9(2)8-15-7-6-14-5-3-4-10(11,12)13/h9,14H,3-8H2,1-2H3. The molecular weight excluding hydrogens is 207 g/mol. The summed E-state index contributed by atoms with van der Waals surface area (Å²) in [5.41, 5.74) is 0. The van der Waals surface area contributed by atoms with Crippen molar-refractivity contribution in [3.05, 3.63) is 0 Å². The van der Waals surface area contributed by atoms with Crippen molar-refractivity contribution in [2.45, 2.75) is 32.9 Å². The Morgan fingerprint density at radius 1 is 1.20 bits per heavy atom. The van der Waals surface area contributed by atoms with E-state index in [2.05, 4.69) is 19.2 Å². The van der Waals surface area contributed by atoms with Gasteiger partial charge < -0.3 is 10.1 Å². The summed E-state index contributed by atoms with van der Waals surface area (Å²) in [6.45, 7) is 6.37. The molecule has 0 radical (unpaired) electrons. The van der Waals surface area contributed by atoms with Crippen molar-refractivity contribution in [3.63, 3.8) is 0 Å². The molecule has 0 rings (SSSR count). The van der Waals surface area contributed by atoms with E-state index in [1.165, 1.54) is 0 Å². The molecule has 0 atom stereocenters. The van der Waals surface area contributed by atoms with E-state index in [0.29, 0.717) is 32.2 Å². The summed E-state index contributed by atoms with van der Waals surface area (Å²) in [7, 11) is 0. The molecule has 5 heteroatoms. The topological polar surface area (TPSA) is 21.3 Å². The maximum Gasteiger partial charge on any atom is 0.389 e. The number of hydrogen-bond acceptors (Lipinski definition) is 2. The average Bonchev–Trinajstić information content (AvgIpc) is 2.07. The lowest BCUT2D eigenvalue weighted by Crippen LogP contribution is -2.23. The van der Waals surface area contributed by atoms with Crippen LogP contribution in [0.1, 0.15) is 26.7 Å². The van der Waals surface area contributed by atoms with Gasteiger partial charge in [0.2, 0.25) is 0 Å². The van der Waals surface area contributed by atoms with Gasteiger partial charge in [-0.2, -0.15) is 13.2 Å². The van der Waals surface area contributed by atoms with Crippen LogP contribution in [-0.4, -0.2) is 32.5 Å². The smallest absolute Gasteiger partial charge is 0.380 e. The molecule has 0 saturated carbocycles. The van der Waals surface area contributed by atoms with Gasteiger partial charge in [-0.1, -0.05) is 13.8 Å². The van der Waals surface area contributed by atoms with Crippen LogP contribution in [0.25, 0.3) is 0 Å². The molecule has 0 aliphatic heterocycles. The second kappa shape index (κ2) is 7.93. The van der Waals surface area contributed by atoms with Crippen LogP contribution in [0.2, 0.25) is 0 Å². The first kappa shape index (κ1) is 14.7. The van der Waals surface area contributed by atoms with E-state index >= 15 is 0 Å². The maximum absolute atomic E-state index is 11.7. The van der Waals surface area contributed by atoms with Gasteiger partial charge in [-0.15, -0.1) is 0 Å². The second-order valence-electron chi connectivity index (χ2n) is 3.94. The van der Waals surface area contributed by atoms with E-state index in [1.807, 2.05) is 0 Å². The van der Waals surface area contributed by atoms with Gasteiger partial charge in [0.1, 0.15) is 0 Å². The fraction of sp³-hybridized carbons (Fsp3) is 1.00. The highest BCUT2D eigenvalue weighted by atomic mass is 19.4. The van der Waals surface area contributed by atoms with Crippen molar-refractivity contribution < 1.29 is 17.9 Å². The Kier molecular flexibility index (Phi) is 7.78. The van der Waals surface area contributed by atoms with Crippen molar-refractivity contribution in [2.24, 2.45) is 5.92 Å². The summed E-state index contributed by atoms with van der Waals surface area (Å²) in [5.74, 6) is 0.496. The van der Waals surface area contributed by atoms with Gasteiger partial charge in [0.25, 0.3) is 0 Å². The molecule has 0 spiro atoms. The largest absolute Gasteiger partial charge is 0.389 e. The van der Waals surface area contributed by atoms with Crippen LogP contribution >= 0.6 is 0 Å². The first-order chi connectivity index (χ1) is 6.92. The molecule has 0 unspecified atom stereocenters. The van der Waals surface area contributed by atoms with Crippen LogP contribution in [0.5, 0.6) is 0 Å². The van der Waals surface area contributed by atoms with E-state index in [1.54, 1.807) is 0 Å². The third-order valence-corrected chi connectivity index (χ3v) is 1.69. The minimum Gasteiger partial charge on any atom is -0.380 e. The minimum atomic E-state index is -4.03. The van der Waals surface area contributed by atoms with Gasteiger partial charge in [-0.05, 0) is 18.9 Å². The number of nitrogens with one attached hydrogen (secondary N) is 1. The highest BCUT2D eigenvalue weighted by Crippen LogP contribution is 2.20. The quantitative estimate of drug-likeness (QED) is 0.643. The fourth-order valence-corrected chi connectivity index (χ4v) is 1.00. The van der Waals surface area contributed by atoms with E-state index in [4.69, 9.17) is 4.74 Å². The van der Waals surface area contributed by atoms with E-state index < -0.39 is 12.6 Å². The first-order valence-electron chi connectivity index (χ1n) is 5.27. The third-order valence-electron chi connectivity index (χ3n) is 1.69. The van der Waals surface area contributed by atoms with Crippen LogP contribution < -0.4 is 5.32 Å². The molecule has 0 bridgehead atoms. The molecule has 0 heterocycles. The molecule has 1 N–H and O–H groups in total. The first-order valence-corrected chi connectivity index (χ1v) is 5.27. The molecule has 0 aromatic carbocycles. The Morgan fingerprint density at radius 3 is 2.40 bits per heavy atom. The number of rotatable bonds is 8. The van der Waals surface area contributed by atoms with Crippen LogP contribution in [0.15, 0.2) is 0 Å². The van der Waals surface area contributed by atoms with Crippen molar-refractivity contribution in [2.75, 3.05) is 26.3 Å².